The van der Waals surface area contributed by atoms with Gasteiger partial charge in [0.25, 0.3) is 11.8 Å². The van der Waals surface area contributed by atoms with Crippen LogP contribution in [-0.4, -0.2) is 67.4 Å². The topological polar surface area (TPSA) is 207 Å². The molecular weight excluding hydrogens is 698 g/mol. The number of hydrogen-bond acceptors (Lipinski definition) is 11. The fourth-order valence-corrected chi connectivity index (χ4v) is 4.78. The van der Waals surface area contributed by atoms with Gasteiger partial charge < -0.3 is 40.1 Å². The predicted molar refractivity (Wildman–Crippen MR) is 200 cm³/mol. The first kappa shape index (κ1) is 40.3. The Hall–Kier alpha value is -6.51. The number of carbonyl (C=O) groups excluding carboxylic acids is 5. The number of rotatable bonds is 16. The van der Waals surface area contributed by atoms with E-state index in [1.165, 1.54) is 56.5 Å². The lowest BCUT2D eigenvalue weighted by atomic mass is 9.94. The molecule has 1 aliphatic carbocycles. The van der Waals surface area contributed by atoms with Crippen LogP contribution in [0.2, 0.25) is 0 Å². The number of aromatic nitrogens is 1. The molecule has 3 aromatic rings. The van der Waals surface area contributed by atoms with Crippen molar-refractivity contribution in [1.29, 1.82) is 0 Å². The summed E-state index contributed by atoms with van der Waals surface area (Å²) in [7, 11) is 1.43. The molecule has 0 spiro atoms. The third kappa shape index (κ3) is 11.0. The van der Waals surface area contributed by atoms with Gasteiger partial charge >= 0.3 is 18.0 Å². The zero-order valence-corrected chi connectivity index (χ0v) is 30.7. The number of nitrogens with two attached hydrogens (primary N) is 1. The van der Waals surface area contributed by atoms with E-state index in [-0.39, 0.29) is 40.7 Å². The number of esters is 2. The monoisotopic (exact) mass is 741 g/mol. The molecule has 2 aromatic carbocycles. The highest BCUT2D eigenvalue weighted by molar-refractivity contribution is 6.11. The van der Waals surface area contributed by atoms with Crippen molar-refractivity contribution >= 4 is 47.4 Å². The number of nitrogens with one attached hydrogen (secondary N) is 2. The van der Waals surface area contributed by atoms with Crippen LogP contribution in [0.1, 0.15) is 83.0 Å². The van der Waals surface area contributed by atoms with Crippen molar-refractivity contribution < 1.29 is 47.7 Å². The zero-order chi connectivity index (χ0) is 39.5. The van der Waals surface area contributed by atoms with Crippen molar-refractivity contribution in [3.05, 3.63) is 95.5 Å². The number of benzene rings is 2. The first-order chi connectivity index (χ1) is 25.7. The van der Waals surface area contributed by atoms with Crippen molar-refractivity contribution in [3.63, 3.8) is 0 Å². The molecule has 1 fully saturated rings. The first-order valence-corrected chi connectivity index (χ1v) is 17.0. The largest absolute Gasteiger partial charge is 0.496 e. The highest BCUT2D eigenvalue weighted by Crippen LogP contribution is 2.35. The minimum atomic E-state index is -1.29. The maximum atomic E-state index is 14.0. The molecular formula is C39H43N5O10. The van der Waals surface area contributed by atoms with Gasteiger partial charge in [0.1, 0.15) is 17.3 Å². The summed E-state index contributed by atoms with van der Waals surface area (Å²) in [6.07, 6.45) is 1.27. The van der Waals surface area contributed by atoms with Gasteiger partial charge in [-0.05, 0) is 74.2 Å². The summed E-state index contributed by atoms with van der Waals surface area (Å²) in [6, 6.07) is 12.1. The van der Waals surface area contributed by atoms with E-state index in [2.05, 4.69) is 33.8 Å². The maximum absolute atomic E-state index is 14.0. The number of hydrogen-bond donors (Lipinski definition) is 3. The second-order valence-corrected chi connectivity index (χ2v) is 12.6. The van der Waals surface area contributed by atoms with Gasteiger partial charge in [0.2, 0.25) is 13.1 Å². The lowest BCUT2D eigenvalue weighted by Gasteiger charge is -2.19. The minimum absolute atomic E-state index is 0.0600. The zero-order valence-electron chi connectivity index (χ0n) is 30.7. The van der Waals surface area contributed by atoms with Crippen molar-refractivity contribution in [3.8, 4) is 16.9 Å². The quantitative estimate of drug-likeness (QED) is 0.0520. The van der Waals surface area contributed by atoms with E-state index in [0.29, 0.717) is 40.8 Å². The van der Waals surface area contributed by atoms with E-state index in [0.717, 1.165) is 12.8 Å². The third-order valence-electron chi connectivity index (χ3n) is 7.86. The Bertz CT molecular complexity index is 1970. The Kier molecular flexibility index (Phi) is 13.7. The van der Waals surface area contributed by atoms with Gasteiger partial charge in [-0.15, -0.1) is 0 Å². The van der Waals surface area contributed by atoms with Gasteiger partial charge in [0, 0.05) is 47.0 Å². The Morgan fingerprint density at radius 2 is 1.69 bits per heavy atom. The minimum Gasteiger partial charge on any atom is -0.496 e. The fourth-order valence-electron chi connectivity index (χ4n) is 4.78. The highest BCUT2D eigenvalue weighted by Gasteiger charge is 2.28. The number of allylic oxidation sites excluding steroid dienone is 1. The standard InChI is InChI=1S/C39H43N5O10/c1-8-25-17-30(35(45)42-27-13-11-26(12-14-27)34(40)44-39(49)52-20-51-22(4)5)29(18-32(25)50-7)28-15-16-31(36(46)41-19-24-9-10-24)43-33(28)38(48)54-23(6)53-37(47)21(2)3/h8,11-18,21,23-24H,1,4,9-10,19-20H2,2-3,5-7H3,(H,41,46)(H,42,45)(H2,40,44,49). The molecule has 4 rings (SSSR count). The Labute approximate surface area is 312 Å². The molecule has 1 heterocycles. The summed E-state index contributed by atoms with van der Waals surface area (Å²) in [5, 5.41) is 5.63. The molecule has 0 aliphatic heterocycles. The number of amides is 3. The first-order valence-electron chi connectivity index (χ1n) is 17.0. The summed E-state index contributed by atoms with van der Waals surface area (Å²) in [5.41, 5.74) is 7.18. The van der Waals surface area contributed by atoms with Crippen LogP contribution in [-0.2, 0) is 23.7 Å². The Morgan fingerprint density at radius 3 is 2.30 bits per heavy atom. The number of carbonyl (C=O) groups is 5. The molecule has 0 bridgehead atoms. The van der Waals surface area contributed by atoms with Crippen molar-refractivity contribution in [2.24, 2.45) is 22.6 Å². The highest BCUT2D eigenvalue weighted by atomic mass is 16.7. The number of pyridine rings is 1. The number of aliphatic imine (C=N–C) groups is 1. The molecule has 0 radical (unpaired) electrons. The van der Waals surface area contributed by atoms with Crippen LogP contribution < -0.4 is 21.1 Å². The molecule has 3 amide bonds. The molecule has 1 aliphatic rings. The van der Waals surface area contributed by atoms with Crippen LogP contribution in [0.25, 0.3) is 17.2 Å². The molecule has 284 valence electrons. The van der Waals surface area contributed by atoms with E-state index < -0.39 is 42.1 Å². The molecule has 1 aromatic heterocycles. The summed E-state index contributed by atoms with van der Waals surface area (Å²) in [6.45, 7) is 13.7. The second-order valence-electron chi connectivity index (χ2n) is 12.6. The summed E-state index contributed by atoms with van der Waals surface area (Å²) in [4.78, 5) is 73.0. The second kappa shape index (κ2) is 18.3. The molecule has 1 unspecified atom stereocenters. The smallest absolute Gasteiger partial charge is 0.438 e. The average molecular weight is 742 g/mol. The van der Waals surface area contributed by atoms with Crippen LogP contribution in [0.5, 0.6) is 5.75 Å². The number of anilines is 1. The predicted octanol–water partition coefficient (Wildman–Crippen LogP) is 5.84. The van der Waals surface area contributed by atoms with Gasteiger partial charge in [-0.25, -0.2) is 14.6 Å². The van der Waals surface area contributed by atoms with Crippen molar-refractivity contribution in [2.45, 2.75) is 46.8 Å². The van der Waals surface area contributed by atoms with E-state index in [9.17, 15) is 24.0 Å². The fraction of sp³-hybridized carbons (Fsp3) is 0.308. The number of nitrogens with zero attached hydrogens (tertiary/aromatic N) is 2. The van der Waals surface area contributed by atoms with Crippen LogP contribution in [0.15, 0.2) is 72.4 Å². The molecule has 4 N–H and O–H groups in total. The lowest BCUT2D eigenvalue weighted by molar-refractivity contribution is -0.169. The number of ether oxygens (including phenoxy) is 5. The summed E-state index contributed by atoms with van der Waals surface area (Å²) < 4.78 is 26.1. The van der Waals surface area contributed by atoms with Crippen LogP contribution >= 0.6 is 0 Å². The Morgan fingerprint density at radius 1 is 0.981 bits per heavy atom. The van der Waals surface area contributed by atoms with E-state index >= 15 is 0 Å². The molecule has 1 atom stereocenters. The van der Waals surface area contributed by atoms with Gasteiger partial charge in [0.05, 0.1) is 18.8 Å². The van der Waals surface area contributed by atoms with Gasteiger partial charge in [-0.2, -0.15) is 4.99 Å². The molecule has 15 nitrogen and oxygen atoms in total. The molecule has 54 heavy (non-hydrogen) atoms. The molecule has 0 saturated heterocycles. The summed E-state index contributed by atoms with van der Waals surface area (Å²) in [5.74, 6) is -2.23. The maximum Gasteiger partial charge on any atom is 0.438 e. The third-order valence-corrected chi connectivity index (χ3v) is 7.86. The lowest BCUT2D eigenvalue weighted by Crippen LogP contribution is -2.28. The number of amidine groups is 1. The molecule has 15 heteroatoms. The van der Waals surface area contributed by atoms with Crippen LogP contribution in [0, 0.1) is 11.8 Å². The van der Waals surface area contributed by atoms with Crippen molar-refractivity contribution in [1.82, 2.24) is 10.3 Å². The van der Waals surface area contributed by atoms with Gasteiger partial charge in [-0.1, -0.05) is 33.1 Å². The van der Waals surface area contributed by atoms with E-state index in [1.807, 2.05) is 0 Å². The van der Waals surface area contributed by atoms with Gasteiger partial charge in [-0.3, -0.25) is 14.4 Å². The normalized spacial score (nSPS) is 12.9. The average Bonchev–Trinajstić information content (AvgIpc) is 3.97. The van der Waals surface area contributed by atoms with E-state index in [1.54, 1.807) is 32.9 Å². The summed E-state index contributed by atoms with van der Waals surface area (Å²) >= 11 is 0. The van der Waals surface area contributed by atoms with E-state index in [4.69, 9.17) is 29.4 Å². The van der Waals surface area contributed by atoms with Crippen LogP contribution in [0.3, 0.4) is 0 Å². The van der Waals surface area contributed by atoms with Crippen LogP contribution in [0.4, 0.5) is 10.5 Å². The van der Waals surface area contributed by atoms with Gasteiger partial charge in [0.15, 0.2) is 5.69 Å². The number of methoxy groups -OCH3 is 1. The van der Waals surface area contributed by atoms with Crippen molar-refractivity contribution in [2.75, 3.05) is 25.8 Å². The Balaban J connectivity index is 1.69. The SMILES string of the molecule is C=Cc1cc(C(=O)Nc2ccc(C(N)=NC(=O)OCOC(=C)C)cc2)c(-c2ccc(C(=O)NCC3CC3)nc2C(=O)OC(C)OC(=O)C(C)C)cc1OC. The molecule has 1 saturated carbocycles.